The van der Waals surface area contributed by atoms with Crippen molar-refractivity contribution < 1.29 is 17.9 Å². The number of amides is 1. The highest BCUT2D eigenvalue weighted by molar-refractivity contribution is 7.90. The number of hydrogen-bond donors (Lipinski definition) is 1. The van der Waals surface area contributed by atoms with Gasteiger partial charge in [0.1, 0.15) is 5.75 Å². The van der Waals surface area contributed by atoms with Crippen molar-refractivity contribution in [2.24, 2.45) is 0 Å². The first kappa shape index (κ1) is 21.3. The van der Waals surface area contributed by atoms with E-state index >= 15 is 0 Å². The molecule has 1 aliphatic heterocycles. The van der Waals surface area contributed by atoms with Gasteiger partial charge in [0.2, 0.25) is 5.91 Å². The number of carbonyl (C=O) groups excluding carboxylic acids is 1. The molecular weight excluding hydrogens is 388 g/mol. The van der Waals surface area contributed by atoms with Gasteiger partial charge in [-0.05, 0) is 61.3 Å². The molecule has 156 valence electrons. The molecule has 0 radical (unpaired) electrons. The summed E-state index contributed by atoms with van der Waals surface area (Å²) in [6, 6.07) is 14.5. The van der Waals surface area contributed by atoms with E-state index in [0.717, 1.165) is 38.0 Å². The van der Waals surface area contributed by atoms with Gasteiger partial charge in [-0.15, -0.1) is 0 Å². The van der Waals surface area contributed by atoms with E-state index in [-0.39, 0.29) is 16.8 Å². The first-order chi connectivity index (χ1) is 13.9. The molecular formula is C22H28N2O4S. The number of likely N-dealkylation sites (tertiary alicyclic amines) is 1. The highest BCUT2D eigenvalue weighted by Crippen LogP contribution is 2.31. The van der Waals surface area contributed by atoms with Gasteiger partial charge in [-0.3, -0.25) is 9.69 Å². The second-order valence-electron chi connectivity index (χ2n) is 7.45. The minimum atomic E-state index is -3.25. The maximum absolute atomic E-state index is 12.7. The van der Waals surface area contributed by atoms with Crippen LogP contribution in [0.2, 0.25) is 0 Å². The van der Waals surface area contributed by atoms with E-state index in [0.29, 0.717) is 12.2 Å². The summed E-state index contributed by atoms with van der Waals surface area (Å²) in [5.74, 6) is 0.724. The monoisotopic (exact) mass is 416 g/mol. The minimum absolute atomic E-state index is 0.0995. The maximum Gasteiger partial charge on any atom is 0.238 e. The van der Waals surface area contributed by atoms with Crippen molar-refractivity contribution in [3.63, 3.8) is 0 Å². The Bertz CT molecular complexity index is 924. The summed E-state index contributed by atoms with van der Waals surface area (Å²) in [4.78, 5) is 15.1. The molecule has 2 aromatic carbocycles. The lowest BCUT2D eigenvalue weighted by Crippen LogP contribution is -2.36. The van der Waals surface area contributed by atoms with E-state index in [2.05, 4.69) is 22.3 Å². The van der Waals surface area contributed by atoms with Crippen molar-refractivity contribution in [2.75, 3.05) is 31.8 Å². The molecule has 1 amide bonds. The number of sulfone groups is 1. The number of anilines is 1. The summed E-state index contributed by atoms with van der Waals surface area (Å²) in [7, 11) is -1.60. The van der Waals surface area contributed by atoms with E-state index in [1.54, 1.807) is 19.2 Å². The van der Waals surface area contributed by atoms with Crippen molar-refractivity contribution in [1.29, 1.82) is 0 Å². The van der Waals surface area contributed by atoms with E-state index < -0.39 is 9.84 Å². The van der Waals surface area contributed by atoms with Crippen LogP contribution in [-0.2, 0) is 14.6 Å². The average Bonchev–Trinajstić information content (AvgIpc) is 2.93. The van der Waals surface area contributed by atoms with Gasteiger partial charge < -0.3 is 10.1 Å². The predicted molar refractivity (Wildman–Crippen MR) is 114 cm³/mol. The van der Waals surface area contributed by atoms with Crippen LogP contribution in [0.25, 0.3) is 0 Å². The van der Waals surface area contributed by atoms with Gasteiger partial charge in [-0.1, -0.05) is 25.0 Å². The lowest BCUT2D eigenvalue weighted by atomic mass is 10.0. The zero-order valence-electron chi connectivity index (χ0n) is 16.9. The van der Waals surface area contributed by atoms with Crippen molar-refractivity contribution in [3.8, 4) is 5.75 Å². The molecule has 2 aromatic rings. The van der Waals surface area contributed by atoms with Crippen LogP contribution in [0.3, 0.4) is 0 Å². The molecule has 0 spiro atoms. The van der Waals surface area contributed by atoms with Gasteiger partial charge in [-0.25, -0.2) is 8.42 Å². The Kier molecular flexibility index (Phi) is 6.92. The van der Waals surface area contributed by atoms with Crippen LogP contribution >= 0.6 is 0 Å². The van der Waals surface area contributed by atoms with Crippen LogP contribution < -0.4 is 10.1 Å². The number of methoxy groups -OCH3 is 1. The molecule has 1 saturated heterocycles. The van der Waals surface area contributed by atoms with Crippen molar-refractivity contribution in [2.45, 2.75) is 36.6 Å². The van der Waals surface area contributed by atoms with Gasteiger partial charge in [-0.2, -0.15) is 0 Å². The number of rotatable bonds is 6. The number of nitrogens with one attached hydrogen (secondary N) is 1. The smallest absolute Gasteiger partial charge is 0.238 e. The Balaban J connectivity index is 1.68. The van der Waals surface area contributed by atoms with Gasteiger partial charge >= 0.3 is 0 Å². The first-order valence-corrected chi connectivity index (χ1v) is 11.7. The first-order valence-electron chi connectivity index (χ1n) is 9.85. The highest BCUT2D eigenvalue weighted by atomic mass is 32.2. The molecule has 1 atom stereocenters. The molecule has 1 fully saturated rings. The highest BCUT2D eigenvalue weighted by Gasteiger charge is 2.24. The summed E-state index contributed by atoms with van der Waals surface area (Å²) in [5.41, 5.74) is 1.79. The molecule has 1 aliphatic rings. The summed E-state index contributed by atoms with van der Waals surface area (Å²) in [6.45, 7) is 1.17. The van der Waals surface area contributed by atoms with E-state index in [9.17, 15) is 13.2 Å². The predicted octanol–water partition coefficient (Wildman–Crippen LogP) is 3.65. The van der Waals surface area contributed by atoms with Crippen LogP contribution in [-0.4, -0.2) is 45.7 Å². The Morgan fingerprint density at radius 3 is 2.38 bits per heavy atom. The van der Waals surface area contributed by atoms with Gasteiger partial charge in [0.15, 0.2) is 9.84 Å². The molecule has 3 rings (SSSR count). The van der Waals surface area contributed by atoms with Crippen LogP contribution in [0, 0.1) is 0 Å². The third-order valence-electron chi connectivity index (χ3n) is 5.28. The average molecular weight is 417 g/mol. The largest absolute Gasteiger partial charge is 0.497 e. The van der Waals surface area contributed by atoms with Crippen molar-refractivity contribution in [3.05, 3.63) is 54.1 Å². The lowest BCUT2D eigenvalue weighted by molar-refractivity contribution is -0.117. The van der Waals surface area contributed by atoms with E-state index in [1.165, 1.54) is 24.0 Å². The van der Waals surface area contributed by atoms with Crippen LogP contribution in [0.15, 0.2) is 53.4 Å². The lowest BCUT2D eigenvalue weighted by Gasteiger charge is -2.29. The second kappa shape index (κ2) is 9.41. The molecule has 7 heteroatoms. The number of ether oxygens (including phenoxy) is 1. The van der Waals surface area contributed by atoms with Crippen molar-refractivity contribution >= 4 is 21.4 Å². The topological polar surface area (TPSA) is 75.7 Å². The van der Waals surface area contributed by atoms with Crippen LogP contribution in [0.1, 0.15) is 37.3 Å². The molecule has 0 unspecified atom stereocenters. The standard InChI is InChI=1S/C22H28N2O4S/c1-28-19-11-7-17(8-12-19)21-6-4-3-5-15-24(21)16-22(25)23-18-9-13-20(14-10-18)29(2,26)27/h7-14,21H,3-6,15-16H2,1-2H3,(H,23,25)/t21-/m0/s1. The van der Waals surface area contributed by atoms with E-state index in [4.69, 9.17) is 4.74 Å². The van der Waals surface area contributed by atoms with Crippen LogP contribution in [0.5, 0.6) is 5.75 Å². The molecule has 0 aromatic heterocycles. The Morgan fingerprint density at radius 2 is 1.76 bits per heavy atom. The fourth-order valence-corrected chi connectivity index (χ4v) is 4.36. The summed E-state index contributed by atoms with van der Waals surface area (Å²) in [5, 5.41) is 2.88. The molecule has 1 N–H and O–H groups in total. The number of benzene rings is 2. The fourth-order valence-electron chi connectivity index (χ4n) is 3.73. The molecule has 6 nitrogen and oxygen atoms in total. The molecule has 0 bridgehead atoms. The zero-order valence-corrected chi connectivity index (χ0v) is 17.7. The number of carbonyl (C=O) groups is 1. The second-order valence-corrected chi connectivity index (χ2v) is 9.47. The Labute approximate surface area is 172 Å². The Morgan fingerprint density at radius 1 is 1.07 bits per heavy atom. The van der Waals surface area contributed by atoms with Gasteiger partial charge in [0.05, 0.1) is 18.6 Å². The third-order valence-corrected chi connectivity index (χ3v) is 6.41. The third kappa shape index (κ3) is 5.81. The van der Waals surface area contributed by atoms with Crippen molar-refractivity contribution in [1.82, 2.24) is 4.90 Å². The van der Waals surface area contributed by atoms with Gasteiger partial charge in [0, 0.05) is 18.0 Å². The number of hydrogen-bond acceptors (Lipinski definition) is 5. The molecule has 29 heavy (non-hydrogen) atoms. The SMILES string of the molecule is COc1ccc([C@@H]2CCCCCN2CC(=O)Nc2ccc(S(C)(=O)=O)cc2)cc1. The van der Waals surface area contributed by atoms with Gasteiger partial charge in [0.25, 0.3) is 0 Å². The fraction of sp³-hybridized carbons (Fsp3) is 0.409. The molecule has 1 heterocycles. The maximum atomic E-state index is 12.7. The summed E-state index contributed by atoms with van der Waals surface area (Å²) < 4.78 is 28.4. The summed E-state index contributed by atoms with van der Waals surface area (Å²) >= 11 is 0. The quantitative estimate of drug-likeness (QED) is 0.778. The zero-order chi connectivity index (χ0) is 20.9. The minimum Gasteiger partial charge on any atom is -0.497 e. The van der Waals surface area contributed by atoms with Crippen LogP contribution in [0.4, 0.5) is 5.69 Å². The molecule has 0 aliphatic carbocycles. The normalized spacial score (nSPS) is 18.1. The summed E-state index contributed by atoms with van der Waals surface area (Å²) in [6.07, 6.45) is 5.56. The van der Waals surface area contributed by atoms with E-state index in [1.807, 2.05) is 12.1 Å². The number of nitrogens with zero attached hydrogens (tertiary/aromatic N) is 1. The molecule has 0 saturated carbocycles. The Hall–Kier alpha value is -2.38.